The Kier molecular flexibility index (Phi) is 4.24. The smallest absolute Gasteiger partial charge is 0.142 e. The molecule has 0 aliphatic carbocycles. The van der Waals surface area contributed by atoms with Gasteiger partial charge in [0.05, 0.1) is 18.9 Å². The Hall–Kier alpha value is -1.69. The van der Waals surface area contributed by atoms with E-state index < -0.39 is 5.54 Å². The summed E-state index contributed by atoms with van der Waals surface area (Å²) in [6.07, 6.45) is 0. The second-order valence-corrected chi connectivity index (χ2v) is 5.32. The Morgan fingerprint density at radius 1 is 1.33 bits per heavy atom. The summed E-state index contributed by atoms with van der Waals surface area (Å²) in [5, 5.41) is 9.20. The van der Waals surface area contributed by atoms with Crippen molar-refractivity contribution >= 4 is 5.69 Å². The van der Waals surface area contributed by atoms with Crippen LogP contribution in [0.2, 0.25) is 0 Å². The first-order valence-corrected chi connectivity index (χ1v) is 6.16. The maximum atomic E-state index is 9.20. The molecule has 0 radical (unpaired) electrons. The predicted molar refractivity (Wildman–Crippen MR) is 75.2 cm³/mol. The van der Waals surface area contributed by atoms with Crippen LogP contribution in [-0.4, -0.2) is 19.7 Å². The molecular weight excluding hydrogens is 224 g/mol. The first kappa shape index (κ1) is 14.4. The third-order valence-corrected chi connectivity index (χ3v) is 3.34. The molecule has 0 heterocycles. The molecule has 0 aliphatic heterocycles. The quantitative estimate of drug-likeness (QED) is 0.815. The minimum absolute atomic E-state index is 0.460. The molecule has 0 atom stereocenters. The zero-order valence-corrected chi connectivity index (χ0v) is 12.1. The van der Waals surface area contributed by atoms with Gasteiger partial charge in [0.2, 0.25) is 0 Å². The van der Waals surface area contributed by atoms with Gasteiger partial charge >= 0.3 is 0 Å². The van der Waals surface area contributed by atoms with E-state index in [0.29, 0.717) is 5.92 Å². The van der Waals surface area contributed by atoms with E-state index in [1.807, 2.05) is 37.9 Å². The van der Waals surface area contributed by atoms with Gasteiger partial charge in [-0.05, 0) is 37.5 Å². The molecule has 1 aromatic rings. The number of nitrogens with zero attached hydrogens (tertiary/aromatic N) is 2. The molecule has 0 bridgehead atoms. The summed E-state index contributed by atoms with van der Waals surface area (Å²) in [5.41, 5.74) is 1.61. The molecule has 0 saturated heterocycles. The number of nitriles is 1. The summed E-state index contributed by atoms with van der Waals surface area (Å²) in [7, 11) is 3.58. The van der Waals surface area contributed by atoms with Gasteiger partial charge in [-0.25, -0.2) is 0 Å². The minimum atomic E-state index is -0.563. The van der Waals surface area contributed by atoms with Gasteiger partial charge in [-0.1, -0.05) is 19.9 Å². The van der Waals surface area contributed by atoms with Gasteiger partial charge in [0.1, 0.15) is 11.3 Å². The molecule has 0 N–H and O–H groups in total. The predicted octanol–water partition coefficient (Wildman–Crippen LogP) is 3.56. The van der Waals surface area contributed by atoms with Crippen molar-refractivity contribution in [1.29, 1.82) is 5.26 Å². The highest BCUT2D eigenvalue weighted by Crippen LogP contribution is 2.34. The molecule has 0 unspecified atom stereocenters. The van der Waals surface area contributed by atoms with E-state index in [1.54, 1.807) is 7.11 Å². The number of anilines is 1. The molecule has 1 aromatic carbocycles. The fourth-order valence-electron chi connectivity index (χ4n) is 1.71. The fraction of sp³-hybridized carbons (Fsp3) is 0.533. The maximum absolute atomic E-state index is 9.20. The van der Waals surface area contributed by atoms with E-state index in [-0.39, 0.29) is 0 Å². The van der Waals surface area contributed by atoms with Gasteiger partial charge in [-0.2, -0.15) is 5.26 Å². The van der Waals surface area contributed by atoms with Crippen molar-refractivity contribution in [1.82, 2.24) is 0 Å². The number of ether oxygens (including phenoxy) is 1. The van der Waals surface area contributed by atoms with Crippen molar-refractivity contribution in [2.45, 2.75) is 39.2 Å². The van der Waals surface area contributed by atoms with Gasteiger partial charge in [0, 0.05) is 7.05 Å². The van der Waals surface area contributed by atoms with Crippen LogP contribution in [0.4, 0.5) is 5.69 Å². The standard InChI is InChI=1S/C15H22N2O/c1-11(2)12-7-8-13(14(9-12)18-6)17(5)15(3,4)10-16/h7-9,11H,1-6H3. The van der Waals surface area contributed by atoms with Crippen LogP contribution in [0.5, 0.6) is 5.75 Å². The second kappa shape index (κ2) is 5.30. The number of benzene rings is 1. The van der Waals surface area contributed by atoms with Gasteiger partial charge < -0.3 is 9.64 Å². The van der Waals surface area contributed by atoms with Crippen molar-refractivity contribution in [3.8, 4) is 11.8 Å². The van der Waals surface area contributed by atoms with E-state index >= 15 is 0 Å². The van der Waals surface area contributed by atoms with Crippen molar-refractivity contribution in [3.63, 3.8) is 0 Å². The average molecular weight is 246 g/mol. The highest BCUT2D eigenvalue weighted by molar-refractivity contribution is 5.62. The third kappa shape index (κ3) is 2.76. The van der Waals surface area contributed by atoms with E-state index in [1.165, 1.54) is 5.56 Å². The molecule has 0 aliphatic rings. The molecule has 18 heavy (non-hydrogen) atoms. The van der Waals surface area contributed by atoms with Crippen LogP contribution in [0.3, 0.4) is 0 Å². The molecule has 0 fully saturated rings. The minimum Gasteiger partial charge on any atom is -0.495 e. The van der Waals surface area contributed by atoms with Gasteiger partial charge in [0.15, 0.2) is 0 Å². The topological polar surface area (TPSA) is 36.3 Å². The average Bonchev–Trinajstić information content (AvgIpc) is 2.36. The number of hydrogen-bond donors (Lipinski definition) is 0. The molecule has 1 rings (SSSR count). The first-order valence-electron chi connectivity index (χ1n) is 6.16. The molecule has 98 valence electrons. The Balaban J connectivity index is 3.22. The lowest BCUT2D eigenvalue weighted by Crippen LogP contribution is -2.39. The second-order valence-electron chi connectivity index (χ2n) is 5.32. The van der Waals surface area contributed by atoms with Crippen LogP contribution in [0.1, 0.15) is 39.2 Å². The van der Waals surface area contributed by atoms with E-state index in [0.717, 1.165) is 11.4 Å². The first-order chi connectivity index (χ1) is 8.33. The summed E-state index contributed by atoms with van der Waals surface area (Å²) in [6.45, 7) is 8.08. The summed E-state index contributed by atoms with van der Waals surface area (Å²) >= 11 is 0. The highest BCUT2D eigenvalue weighted by Gasteiger charge is 2.25. The van der Waals surface area contributed by atoms with E-state index in [2.05, 4.69) is 26.0 Å². The fourth-order valence-corrected chi connectivity index (χ4v) is 1.71. The van der Waals surface area contributed by atoms with Crippen molar-refractivity contribution in [2.75, 3.05) is 19.1 Å². The van der Waals surface area contributed by atoms with Crippen molar-refractivity contribution < 1.29 is 4.74 Å². The lowest BCUT2D eigenvalue weighted by Gasteiger charge is -2.32. The molecule has 0 spiro atoms. The zero-order chi connectivity index (χ0) is 13.9. The maximum Gasteiger partial charge on any atom is 0.142 e. The Morgan fingerprint density at radius 2 is 1.94 bits per heavy atom. The van der Waals surface area contributed by atoms with Crippen LogP contribution in [0.25, 0.3) is 0 Å². The number of rotatable bonds is 4. The Bertz CT molecular complexity index is 458. The van der Waals surface area contributed by atoms with Gasteiger partial charge in [-0.15, -0.1) is 0 Å². The van der Waals surface area contributed by atoms with Crippen LogP contribution >= 0.6 is 0 Å². The van der Waals surface area contributed by atoms with Gasteiger partial charge in [0.25, 0.3) is 0 Å². The number of methoxy groups -OCH3 is 1. The number of hydrogen-bond acceptors (Lipinski definition) is 3. The SMILES string of the molecule is COc1cc(C(C)C)ccc1N(C)C(C)(C)C#N. The largest absolute Gasteiger partial charge is 0.495 e. The molecule has 3 heteroatoms. The molecular formula is C15H22N2O. The van der Waals surface area contributed by atoms with Crippen LogP contribution in [-0.2, 0) is 0 Å². The summed E-state index contributed by atoms with van der Waals surface area (Å²) in [4.78, 5) is 1.94. The molecule has 0 amide bonds. The molecule has 3 nitrogen and oxygen atoms in total. The lowest BCUT2D eigenvalue weighted by molar-refractivity contribution is 0.411. The van der Waals surface area contributed by atoms with Crippen LogP contribution in [0.15, 0.2) is 18.2 Å². The van der Waals surface area contributed by atoms with Crippen molar-refractivity contribution in [3.05, 3.63) is 23.8 Å². The Labute approximate surface area is 110 Å². The van der Waals surface area contributed by atoms with Gasteiger partial charge in [-0.3, -0.25) is 0 Å². The molecule has 0 aromatic heterocycles. The summed E-state index contributed by atoms with van der Waals surface area (Å²) in [6, 6.07) is 8.46. The van der Waals surface area contributed by atoms with Crippen molar-refractivity contribution in [2.24, 2.45) is 0 Å². The monoisotopic (exact) mass is 246 g/mol. The van der Waals surface area contributed by atoms with E-state index in [4.69, 9.17) is 4.74 Å². The zero-order valence-electron chi connectivity index (χ0n) is 12.1. The lowest BCUT2D eigenvalue weighted by atomic mass is 10.0. The summed E-state index contributed by atoms with van der Waals surface area (Å²) in [5.74, 6) is 1.27. The highest BCUT2D eigenvalue weighted by atomic mass is 16.5. The molecule has 0 saturated carbocycles. The van der Waals surface area contributed by atoms with Crippen LogP contribution in [0, 0.1) is 11.3 Å². The van der Waals surface area contributed by atoms with E-state index in [9.17, 15) is 5.26 Å². The van der Waals surface area contributed by atoms with Crippen LogP contribution < -0.4 is 9.64 Å². The Morgan fingerprint density at radius 3 is 2.39 bits per heavy atom. The normalized spacial score (nSPS) is 11.2. The summed E-state index contributed by atoms with van der Waals surface area (Å²) < 4.78 is 5.45. The third-order valence-electron chi connectivity index (χ3n) is 3.34.